The van der Waals surface area contributed by atoms with E-state index in [4.69, 9.17) is 45.9 Å². The number of aromatic amines is 1. The van der Waals surface area contributed by atoms with E-state index in [-0.39, 0.29) is 164 Å². The third-order valence-corrected chi connectivity index (χ3v) is 24.4. The number of amides is 8. The Balaban J connectivity index is 2.51. The average Bonchev–Trinajstić information content (AvgIpc) is 0.943. The molecule has 39 heteroatoms. The van der Waals surface area contributed by atoms with Crippen molar-refractivity contribution in [1.29, 1.82) is 0 Å². The number of nitrogens with two attached hydrogens (primary N) is 8. The molecule has 0 saturated carbocycles. The zero-order valence-corrected chi connectivity index (χ0v) is 81.3. The van der Waals surface area contributed by atoms with Gasteiger partial charge in [0.2, 0.25) is 47.3 Å². The number of H-pyrrole nitrogens is 1. The molecule has 28 N–H and O–H groups in total. The second kappa shape index (κ2) is 69.9. The van der Waals surface area contributed by atoms with Crippen molar-refractivity contribution >= 4 is 112 Å². The lowest BCUT2D eigenvalue weighted by Crippen LogP contribution is -2.52. The summed E-state index contributed by atoms with van der Waals surface area (Å²) in [4.78, 5) is 229. The number of imidazole rings is 1. The maximum Gasteiger partial charge on any atom is 0.305 e. The van der Waals surface area contributed by atoms with Crippen LogP contribution in [0.5, 0.6) is 5.75 Å². The minimum absolute atomic E-state index is 0.00355. The van der Waals surface area contributed by atoms with Gasteiger partial charge < -0.3 is 108 Å². The standard InChI is InChI=1S/C95H163N19O19S/c1-8-9-10-11-12-13-14-15-16-17-18-19-20-34-85(124)108-75(32-23-26-42-98)93(133)111-72(31-22-25-41-97)79(118)53-67(46-60(2)3)90(130)109-73(33-28-44-106-95(102)103)80(119)54-68(58-115)91(131)110-74(39-45-134-7)84(123)55-71(62(6)116)92(132)114-78(56-86(125)126)82(121)50-64(29-21-24-40-96)88(128)113-77(48-63-35-37-70(117)38-36-63)81(120)51-65(30-27-43-105-94(100)101)89(129)112-76(47-61(4)5)83(122)52-66(87(99)127)49-69-57-104-59-107-69/h35-38,57,59-62,64-68,71-78,115-117H,8-34,39-56,58,96-98H2,1-7H3,(H2,99,127)(H,104,107)(H,108,124)(H,109,130)(H,110,131)(H,111,133)(H,112,129)(H,113,128)(H,114,132)(H,125,126)(H4,100,101,105)(H4,102,103,106)/t62-,64-,65-,66+,67-,68+,71+,72+,73+,74+,75+,76+,77+,78+/m1/s1. The van der Waals surface area contributed by atoms with Gasteiger partial charge in [-0.25, -0.2) is 4.98 Å². The number of benzene rings is 1. The third kappa shape index (κ3) is 52.3. The predicted octanol–water partition coefficient (Wildman–Crippen LogP) is 4.90. The lowest BCUT2D eigenvalue weighted by atomic mass is 9.87. The van der Waals surface area contributed by atoms with Crippen LogP contribution >= 0.6 is 11.8 Å². The normalized spacial score (nSPS) is 14.6. The second-order valence-corrected chi connectivity index (χ2v) is 37.4. The molecule has 0 radical (unpaired) electrons. The summed E-state index contributed by atoms with van der Waals surface area (Å²) in [7, 11) is 0. The number of carbonyl (C=O) groups is 15. The van der Waals surface area contributed by atoms with Crippen LogP contribution in [0.25, 0.3) is 0 Å². The Morgan fingerprint density at radius 2 is 0.836 bits per heavy atom. The molecule has 758 valence electrons. The highest BCUT2D eigenvalue weighted by molar-refractivity contribution is 7.98. The number of rotatable bonds is 81. The van der Waals surface area contributed by atoms with E-state index in [1.54, 1.807) is 6.26 Å². The van der Waals surface area contributed by atoms with Gasteiger partial charge in [-0.1, -0.05) is 130 Å². The maximum absolute atomic E-state index is 15.0. The Morgan fingerprint density at radius 1 is 0.425 bits per heavy atom. The number of aromatic hydroxyl groups is 1. The molecule has 38 nitrogen and oxygen atoms in total. The zero-order chi connectivity index (χ0) is 100. The van der Waals surface area contributed by atoms with Crippen LogP contribution in [0.3, 0.4) is 0 Å². The fourth-order valence-corrected chi connectivity index (χ4v) is 16.5. The van der Waals surface area contributed by atoms with Gasteiger partial charge in [0.15, 0.2) is 46.6 Å². The molecule has 0 spiro atoms. The Kier molecular flexibility index (Phi) is 62.7. The highest BCUT2D eigenvalue weighted by Gasteiger charge is 2.40. The number of hydrogen-bond donors (Lipinski definition) is 20. The molecule has 8 amide bonds. The van der Waals surface area contributed by atoms with Crippen LogP contribution < -0.4 is 83.1 Å². The first-order valence-electron chi connectivity index (χ1n) is 48.3. The number of thioether (sulfide) groups is 1. The van der Waals surface area contributed by atoms with E-state index in [2.05, 4.69) is 64.1 Å². The van der Waals surface area contributed by atoms with Gasteiger partial charge in [-0.2, -0.15) is 11.8 Å². The number of aliphatic hydroxyl groups is 2. The molecule has 134 heavy (non-hydrogen) atoms. The Hall–Kier alpha value is -9.83. The number of phenols is 1. The lowest BCUT2D eigenvalue weighted by molar-refractivity contribution is -0.142. The summed E-state index contributed by atoms with van der Waals surface area (Å²) >= 11 is 1.27. The van der Waals surface area contributed by atoms with Gasteiger partial charge in [-0.15, -0.1) is 0 Å². The number of primary amides is 1. The van der Waals surface area contributed by atoms with Crippen molar-refractivity contribution in [1.82, 2.24) is 47.2 Å². The largest absolute Gasteiger partial charge is 0.508 e. The molecule has 1 aromatic heterocycles. The topological polar surface area (TPSA) is 683 Å². The van der Waals surface area contributed by atoms with E-state index in [1.165, 1.54) is 99.9 Å². The first kappa shape index (κ1) is 120. The first-order chi connectivity index (χ1) is 63.8. The number of aromatic nitrogens is 2. The smallest absolute Gasteiger partial charge is 0.305 e. The minimum atomic E-state index is -1.92. The minimum Gasteiger partial charge on any atom is -0.508 e. The van der Waals surface area contributed by atoms with Crippen LogP contribution in [0, 0.1) is 47.3 Å². The van der Waals surface area contributed by atoms with E-state index in [0.717, 1.165) is 32.6 Å². The molecule has 0 fully saturated rings. The number of unbranched alkanes of at least 4 members (excludes halogenated alkanes) is 15. The number of carbonyl (C=O) groups excluding carboxylic acids is 14. The quantitative estimate of drug-likeness (QED) is 0.0238. The van der Waals surface area contributed by atoms with Gasteiger partial charge in [-0.05, 0) is 177 Å². The van der Waals surface area contributed by atoms with E-state index in [1.807, 2.05) is 27.7 Å². The van der Waals surface area contributed by atoms with Crippen molar-refractivity contribution in [2.45, 2.75) is 340 Å². The van der Waals surface area contributed by atoms with Gasteiger partial charge in [0.05, 0.1) is 79.5 Å². The van der Waals surface area contributed by atoms with Gasteiger partial charge in [0.1, 0.15) is 11.8 Å². The first-order valence-corrected chi connectivity index (χ1v) is 49.7. The van der Waals surface area contributed by atoms with Crippen molar-refractivity contribution < 1.29 is 92.3 Å². The molecule has 2 aromatic rings. The number of carboxylic acid groups (broad SMARTS) is 1. The van der Waals surface area contributed by atoms with Gasteiger partial charge >= 0.3 is 5.97 Å². The number of aliphatic imine (C=N–C) groups is 2. The van der Waals surface area contributed by atoms with E-state index in [9.17, 15) is 87.5 Å². The number of aliphatic carboxylic acids is 1. The van der Waals surface area contributed by atoms with Crippen LogP contribution in [0.1, 0.15) is 290 Å². The van der Waals surface area contributed by atoms with Crippen molar-refractivity contribution in [3.63, 3.8) is 0 Å². The highest BCUT2D eigenvalue weighted by atomic mass is 32.2. The Labute approximate surface area is 795 Å². The molecule has 1 heterocycles. The number of phenolic OH excluding ortho intramolecular Hbond substituents is 1. The number of nitrogens with zero attached hydrogens (tertiary/aromatic N) is 3. The van der Waals surface area contributed by atoms with Crippen LogP contribution in [0.4, 0.5) is 0 Å². The predicted molar refractivity (Wildman–Crippen MR) is 517 cm³/mol. The van der Waals surface area contributed by atoms with Crippen molar-refractivity contribution in [2.24, 2.45) is 103 Å². The average molecular weight is 1910 g/mol. The van der Waals surface area contributed by atoms with Crippen molar-refractivity contribution in [2.75, 3.05) is 51.3 Å². The molecule has 0 unspecified atom stereocenters. The van der Waals surface area contributed by atoms with E-state index in [0.29, 0.717) is 62.9 Å². The van der Waals surface area contributed by atoms with E-state index < -0.39 is 205 Å². The number of carboxylic acids is 1. The van der Waals surface area contributed by atoms with E-state index >= 15 is 4.79 Å². The molecule has 1 aromatic carbocycles. The van der Waals surface area contributed by atoms with Crippen molar-refractivity contribution in [3.8, 4) is 5.75 Å². The number of ketones is 6. The summed E-state index contributed by atoms with van der Waals surface area (Å²) in [6.07, 6.45) is 16.3. The second-order valence-electron chi connectivity index (χ2n) is 36.5. The maximum atomic E-state index is 15.0. The summed E-state index contributed by atoms with van der Waals surface area (Å²) in [5.41, 5.74) is 46.9. The van der Waals surface area contributed by atoms with Crippen LogP contribution in [-0.4, -0.2) is 230 Å². The molecule has 0 aliphatic carbocycles. The SMILES string of the molecule is CCCCCCCCCCCCCCCC(=O)N[C@@H](CCCCN)C(=O)N[C@@H](CCCCN)C(=O)C[C@@H](CC(C)C)C(=O)N[C@@H](CCCN=C(N)N)C(=O)C[C@@H](CO)C(=O)N[C@@H](CCSC)C(=O)C[C@H](C(=O)N[C@@H](CC(=O)O)C(=O)C[C@@H](CCCCN)C(=O)N[C@@H](Cc1ccc(O)cc1)C(=O)C[C@@H](CCCN=C(N)N)C(=O)N[C@@H](CC(C)C)C(=O)C[C@H](Cc1cnc[nH]1)C(N)=O)[C@@H](C)O. The summed E-state index contributed by atoms with van der Waals surface area (Å²) < 4.78 is 0. The van der Waals surface area contributed by atoms with Crippen LogP contribution in [-0.2, 0) is 84.8 Å². The number of aliphatic hydroxyl groups excluding tert-OH is 2. The molecular weight excluding hydrogens is 1740 g/mol. The van der Waals surface area contributed by atoms with Gasteiger partial charge in [-0.3, -0.25) is 81.9 Å². The monoisotopic (exact) mass is 1910 g/mol. The molecule has 0 saturated heterocycles. The zero-order valence-electron chi connectivity index (χ0n) is 80.5. The van der Waals surface area contributed by atoms with Crippen molar-refractivity contribution in [3.05, 3.63) is 48.0 Å². The summed E-state index contributed by atoms with van der Waals surface area (Å²) in [5.74, 6) is -20.7. The van der Waals surface area contributed by atoms with Crippen LogP contribution in [0.2, 0.25) is 0 Å². The number of Topliss-reactive ketones (excluding diaryl/α,β-unsaturated/α-hetero) is 6. The summed E-state index contributed by atoms with van der Waals surface area (Å²) in [5, 5.41) is 61.8. The molecular formula is C95H163N19O19S. The highest BCUT2D eigenvalue weighted by Crippen LogP contribution is 2.27. The number of hydrogen-bond acceptors (Lipinski definition) is 25. The number of nitrogens with one attached hydrogen (secondary N) is 8. The third-order valence-electron chi connectivity index (χ3n) is 23.8. The molecule has 14 atom stereocenters. The fourth-order valence-electron chi connectivity index (χ4n) is 16.0. The van der Waals surface area contributed by atoms with Crippen LogP contribution in [0.15, 0.2) is 46.8 Å². The summed E-state index contributed by atoms with van der Waals surface area (Å²) in [6, 6.07) is -3.77. The molecule has 0 bridgehead atoms. The lowest BCUT2D eigenvalue weighted by Gasteiger charge is -2.27. The fraction of sp³-hybridized carbons (Fsp3) is 0.726. The number of guanidine groups is 2. The van der Waals surface area contributed by atoms with Gasteiger partial charge in [0, 0.05) is 94.1 Å². The molecule has 0 aliphatic heterocycles. The molecule has 0 aliphatic rings. The molecule has 2 rings (SSSR count). The Morgan fingerprint density at radius 3 is 1.32 bits per heavy atom. The summed E-state index contributed by atoms with van der Waals surface area (Å²) in [6.45, 7) is 10.5. The Bertz CT molecular complexity index is 3920. The van der Waals surface area contributed by atoms with Gasteiger partial charge in [0.25, 0.3) is 0 Å².